The zero-order chi connectivity index (χ0) is 19.8. The lowest BCUT2D eigenvalue weighted by molar-refractivity contribution is 0.164. The first-order chi connectivity index (χ1) is 13.6. The van der Waals surface area contributed by atoms with Crippen LogP contribution in [0.2, 0.25) is 0 Å². The van der Waals surface area contributed by atoms with Crippen LogP contribution in [0.15, 0.2) is 48.5 Å². The van der Waals surface area contributed by atoms with E-state index in [0.717, 1.165) is 56.9 Å². The number of nitrogens with zero attached hydrogens (tertiary/aromatic N) is 2. The minimum atomic E-state index is -0.0108. The van der Waals surface area contributed by atoms with Crippen LogP contribution in [0.3, 0.4) is 0 Å². The Morgan fingerprint density at radius 2 is 1.61 bits per heavy atom. The van der Waals surface area contributed by atoms with Crippen LogP contribution in [0.25, 0.3) is 0 Å². The third-order valence-electron chi connectivity index (χ3n) is 5.21. The number of aryl methyl sites for hydroxylation is 2. The summed E-state index contributed by atoms with van der Waals surface area (Å²) >= 11 is 0. The number of nitrogens with one attached hydrogen (secondary N) is 1. The van der Waals surface area contributed by atoms with Crippen LogP contribution in [-0.4, -0.2) is 55.7 Å². The van der Waals surface area contributed by atoms with Crippen molar-refractivity contribution in [3.05, 3.63) is 59.7 Å². The van der Waals surface area contributed by atoms with Crippen LogP contribution < -0.4 is 10.1 Å². The van der Waals surface area contributed by atoms with Gasteiger partial charge in [0.05, 0.1) is 6.61 Å². The van der Waals surface area contributed by atoms with Gasteiger partial charge < -0.3 is 19.9 Å². The number of carbonyl (C=O) groups excluding carboxylic acids is 1. The monoisotopic (exact) mass is 381 g/mol. The van der Waals surface area contributed by atoms with Crippen molar-refractivity contribution in [2.45, 2.75) is 26.2 Å². The summed E-state index contributed by atoms with van der Waals surface area (Å²) in [6, 6.07) is 16.4. The van der Waals surface area contributed by atoms with E-state index in [0.29, 0.717) is 6.61 Å². The van der Waals surface area contributed by atoms with Crippen LogP contribution >= 0.6 is 0 Å². The first-order valence-electron chi connectivity index (χ1n) is 10.2. The number of anilines is 1. The van der Waals surface area contributed by atoms with Gasteiger partial charge >= 0.3 is 6.03 Å². The molecular formula is C23H31N3O2. The van der Waals surface area contributed by atoms with Crippen molar-refractivity contribution < 1.29 is 9.53 Å². The molecule has 0 saturated carbocycles. The Hall–Kier alpha value is -2.53. The minimum absolute atomic E-state index is 0.0108. The van der Waals surface area contributed by atoms with Crippen molar-refractivity contribution in [2.75, 3.05) is 45.2 Å². The third-order valence-corrected chi connectivity index (χ3v) is 5.21. The molecule has 1 aliphatic rings. The zero-order valence-corrected chi connectivity index (χ0v) is 17.0. The number of likely N-dealkylation sites (N-methyl/N-ethyl adjacent to an activating group) is 1. The second kappa shape index (κ2) is 10.1. The highest BCUT2D eigenvalue weighted by Crippen LogP contribution is 2.15. The molecule has 3 rings (SSSR count). The predicted molar refractivity (Wildman–Crippen MR) is 114 cm³/mol. The van der Waals surface area contributed by atoms with Crippen LogP contribution in [0.1, 0.15) is 24.5 Å². The highest BCUT2D eigenvalue weighted by molar-refractivity contribution is 5.89. The molecule has 2 amide bonds. The Morgan fingerprint density at radius 1 is 0.964 bits per heavy atom. The third kappa shape index (κ3) is 5.99. The van der Waals surface area contributed by atoms with Gasteiger partial charge in [0.15, 0.2) is 0 Å². The van der Waals surface area contributed by atoms with Gasteiger partial charge in [0.2, 0.25) is 0 Å². The molecule has 1 fully saturated rings. The summed E-state index contributed by atoms with van der Waals surface area (Å²) in [6.07, 6.45) is 2.97. The fourth-order valence-corrected chi connectivity index (χ4v) is 3.25. The van der Waals surface area contributed by atoms with Gasteiger partial charge in [-0.2, -0.15) is 0 Å². The van der Waals surface area contributed by atoms with Crippen molar-refractivity contribution in [3.8, 4) is 5.75 Å². The van der Waals surface area contributed by atoms with E-state index in [1.807, 2.05) is 29.2 Å². The molecule has 5 heteroatoms. The molecule has 0 bridgehead atoms. The fourth-order valence-electron chi connectivity index (χ4n) is 3.25. The zero-order valence-electron chi connectivity index (χ0n) is 17.0. The smallest absolute Gasteiger partial charge is 0.321 e. The summed E-state index contributed by atoms with van der Waals surface area (Å²) in [5.41, 5.74) is 3.43. The fraction of sp³-hybridized carbons (Fsp3) is 0.435. The summed E-state index contributed by atoms with van der Waals surface area (Å²) in [7, 11) is 2.08. The number of urea groups is 1. The van der Waals surface area contributed by atoms with E-state index in [1.54, 1.807) is 0 Å². The lowest BCUT2D eigenvalue weighted by Gasteiger charge is -2.32. The molecular weight excluding hydrogens is 350 g/mol. The first kappa shape index (κ1) is 20.2. The summed E-state index contributed by atoms with van der Waals surface area (Å²) < 4.78 is 5.81. The average molecular weight is 382 g/mol. The molecule has 1 N–H and O–H groups in total. The van der Waals surface area contributed by atoms with Gasteiger partial charge in [0.1, 0.15) is 5.75 Å². The molecule has 5 nitrogen and oxygen atoms in total. The minimum Gasteiger partial charge on any atom is -0.494 e. The molecule has 150 valence electrons. The van der Waals surface area contributed by atoms with Crippen molar-refractivity contribution in [3.63, 3.8) is 0 Å². The normalized spacial score (nSPS) is 14.7. The predicted octanol–water partition coefficient (Wildman–Crippen LogP) is 4.04. The highest BCUT2D eigenvalue weighted by atomic mass is 16.5. The molecule has 0 atom stereocenters. The Labute approximate surface area is 168 Å². The summed E-state index contributed by atoms with van der Waals surface area (Å²) in [6.45, 7) is 6.27. The van der Waals surface area contributed by atoms with E-state index >= 15 is 0 Å². The molecule has 0 radical (unpaired) electrons. The summed E-state index contributed by atoms with van der Waals surface area (Å²) in [5, 5.41) is 3.00. The van der Waals surface area contributed by atoms with E-state index in [9.17, 15) is 4.79 Å². The Morgan fingerprint density at radius 3 is 2.25 bits per heavy atom. The van der Waals surface area contributed by atoms with Crippen molar-refractivity contribution in [1.29, 1.82) is 0 Å². The van der Waals surface area contributed by atoms with E-state index < -0.39 is 0 Å². The van der Waals surface area contributed by atoms with Gasteiger partial charge in [-0.15, -0.1) is 0 Å². The number of piperazine rings is 1. The standard InChI is InChI=1S/C23H31N3O2/c1-3-19-8-12-22(13-9-19)28-18-4-5-20-6-10-21(11-7-20)24-23(27)26-16-14-25(2)15-17-26/h6-13H,3-5,14-18H2,1-2H3,(H,24,27). The molecule has 0 aromatic heterocycles. The Kier molecular flexibility index (Phi) is 7.31. The van der Waals surface area contributed by atoms with Gasteiger partial charge in [0.25, 0.3) is 0 Å². The van der Waals surface area contributed by atoms with E-state index in [4.69, 9.17) is 4.74 Å². The van der Waals surface area contributed by atoms with Gasteiger partial charge in [0, 0.05) is 31.9 Å². The highest BCUT2D eigenvalue weighted by Gasteiger charge is 2.18. The Balaban J connectivity index is 1.38. The maximum absolute atomic E-state index is 12.3. The van der Waals surface area contributed by atoms with Crippen LogP contribution in [0, 0.1) is 0 Å². The molecule has 1 aliphatic heterocycles. The number of rotatable bonds is 7. The molecule has 0 spiro atoms. The quantitative estimate of drug-likeness (QED) is 0.736. The maximum atomic E-state index is 12.3. The van der Waals surface area contributed by atoms with Crippen molar-refractivity contribution >= 4 is 11.7 Å². The molecule has 2 aromatic rings. The van der Waals surface area contributed by atoms with Crippen LogP contribution in [0.5, 0.6) is 5.75 Å². The number of amides is 2. The van der Waals surface area contributed by atoms with E-state index in [2.05, 4.69) is 48.5 Å². The molecule has 0 unspecified atom stereocenters. The lowest BCUT2D eigenvalue weighted by atomic mass is 10.1. The van der Waals surface area contributed by atoms with Gasteiger partial charge in [-0.05, 0) is 61.7 Å². The largest absolute Gasteiger partial charge is 0.494 e. The lowest BCUT2D eigenvalue weighted by Crippen LogP contribution is -2.48. The van der Waals surface area contributed by atoms with Crippen molar-refractivity contribution in [1.82, 2.24) is 9.80 Å². The summed E-state index contributed by atoms with van der Waals surface area (Å²) in [4.78, 5) is 16.4. The first-order valence-corrected chi connectivity index (χ1v) is 10.2. The number of benzene rings is 2. The SMILES string of the molecule is CCc1ccc(OCCCc2ccc(NC(=O)N3CCN(C)CC3)cc2)cc1. The van der Waals surface area contributed by atoms with Crippen molar-refractivity contribution in [2.24, 2.45) is 0 Å². The van der Waals surface area contributed by atoms with Crippen LogP contribution in [-0.2, 0) is 12.8 Å². The molecule has 28 heavy (non-hydrogen) atoms. The topological polar surface area (TPSA) is 44.8 Å². The Bertz CT molecular complexity index is 735. The van der Waals surface area contributed by atoms with E-state index in [1.165, 1.54) is 11.1 Å². The number of hydrogen-bond acceptors (Lipinski definition) is 3. The van der Waals surface area contributed by atoms with Gasteiger partial charge in [-0.3, -0.25) is 0 Å². The number of carbonyl (C=O) groups is 1. The van der Waals surface area contributed by atoms with E-state index in [-0.39, 0.29) is 6.03 Å². The summed E-state index contributed by atoms with van der Waals surface area (Å²) in [5.74, 6) is 0.930. The molecule has 0 aliphatic carbocycles. The molecule has 2 aromatic carbocycles. The maximum Gasteiger partial charge on any atom is 0.321 e. The molecule has 1 heterocycles. The second-order valence-corrected chi connectivity index (χ2v) is 7.37. The second-order valence-electron chi connectivity index (χ2n) is 7.37. The number of hydrogen-bond donors (Lipinski definition) is 1. The number of ether oxygens (including phenoxy) is 1. The van der Waals surface area contributed by atoms with Gasteiger partial charge in [-0.25, -0.2) is 4.79 Å². The van der Waals surface area contributed by atoms with Gasteiger partial charge in [-0.1, -0.05) is 31.2 Å². The van der Waals surface area contributed by atoms with Crippen LogP contribution in [0.4, 0.5) is 10.5 Å². The average Bonchev–Trinajstić information content (AvgIpc) is 2.73. The molecule has 1 saturated heterocycles.